The summed E-state index contributed by atoms with van der Waals surface area (Å²) >= 11 is 0. The van der Waals surface area contributed by atoms with E-state index in [1.165, 1.54) is 37.9 Å². The van der Waals surface area contributed by atoms with Crippen LogP contribution in [0.3, 0.4) is 0 Å². The number of rotatable bonds is 7. The summed E-state index contributed by atoms with van der Waals surface area (Å²) in [5.74, 6) is 0.903. The highest BCUT2D eigenvalue weighted by molar-refractivity contribution is 5.35. The first-order chi connectivity index (χ1) is 12.7. The van der Waals surface area contributed by atoms with Crippen molar-refractivity contribution in [2.75, 3.05) is 26.7 Å². The average molecular weight is 355 g/mol. The van der Waals surface area contributed by atoms with Gasteiger partial charge in [0, 0.05) is 0 Å². The molecule has 2 N–H and O–H groups in total. The lowest BCUT2D eigenvalue weighted by molar-refractivity contribution is -0.907. The topological polar surface area (TPSA) is 33.9 Å². The van der Waals surface area contributed by atoms with Gasteiger partial charge in [0.1, 0.15) is 11.4 Å². The number of benzene rings is 2. The first-order valence-electron chi connectivity index (χ1n) is 9.92. The van der Waals surface area contributed by atoms with Crippen molar-refractivity contribution >= 4 is 0 Å². The van der Waals surface area contributed by atoms with Gasteiger partial charge in [-0.3, -0.25) is 0 Å². The zero-order chi connectivity index (χ0) is 18.4. The number of likely N-dealkylation sites (tertiary alicyclic amines) is 1. The summed E-state index contributed by atoms with van der Waals surface area (Å²) in [7, 11) is 1.67. The fraction of sp³-hybridized carbons (Fsp3) is 0.478. The Morgan fingerprint density at radius 1 is 1.00 bits per heavy atom. The zero-order valence-corrected chi connectivity index (χ0v) is 16.1. The quantitative estimate of drug-likeness (QED) is 0.801. The smallest absolute Gasteiger partial charge is 0.118 e. The third-order valence-corrected chi connectivity index (χ3v) is 5.96. The zero-order valence-electron chi connectivity index (χ0n) is 16.1. The van der Waals surface area contributed by atoms with E-state index in [1.54, 1.807) is 12.0 Å². The summed E-state index contributed by atoms with van der Waals surface area (Å²) in [6.45, 7) is 5.49. The van der Waals surface area contributed by atoms with Crippen molar-refractivity contribution in [1.82, 2.24) is 0 Å². The van der Waals surface area contributed by atoms with Gasteiger partial charge in [-0.1, -0.05) is 49.4 Å². The summed E-state index contributed by atoms with van der Waals surface area (Å²) in [5.41, 5.74) is 1.33. The Balaban J connectivity index is 1.95. The second-order valence-corrected chi connectivity index (χ2v) is 7.48. The first kappa shape index (κ1) is 18.9. The van der Waals surface area contributed by atoms with Crippen molar-refractivity contribution in [1.29, 1.82) is 0 Å². The van der Waals surface area contributed by atoms with Gasteiger partial charge in [0.25, 0.3) is 0 Å². The molecule has 0 saturated carbocycles. The van der Waals surface area contributed by atoms with Crippen molar-refractivity contribution < 1.29 is 14.7 Å². The fourth-order valence-electron chi connectivity index (χ4n) is 4.32. The molecule has 0 bridgehead atoms. The Bertz CT molecular complexity index is 664. The molecule has 2 unspecified atom stereocenters. The molecule has 2 atom stereocenters. The van der Waals surface area contributed by atoms with E-state index in [2.05, 4.69) is 31.2 Å². The van der Waals surface area contributed by atoms with Crippen LogP contribution in [-0.2, 0) is 5.60 Å². The van der Waals surface area contributed by atoms with Crippen molar-refractivity contribution in [2.45, 2.75) is 44.1 Å². The molecule has 1 aliphatic heterocycles. The Morgan fingerprint density at radius 3 is 2.23 bits per heavy atom. The number of hydrogen-bond acceptors (Lipinski definition) is 2. The van der Waals surface area contributed by atoms with Crippen LogP contribution in [0.2, 0.25) is 0 Å². The molecule has 140 valence electrons. The van der Waals surface area contributed by atoms with E-state index < -0.39 is 5.60 Å². The van der Waals surface area contributed by atoms with Crippen LogP contribution in [0.5, 0.6) is 5.75 Å². The van der Waals surface area contributed by atoms with Gasteiger partial charge in [-0.05, 0) is 48.9 Å². The van der Waals surface area contributed by atoms with Crippen LogP contribution in [0.25, 0.3) is 0 Å². The van der Waals surface area contributed by atoms with Crippen LogP contribution in [0.1, 0.15) is 49.7 Å². The predicted octanol–water partition coefficient (Wildman–Crippen LogP) is 3.15. The predicted molar refractivity (Wildman–Crippen MR) is 106 cm³/mol. The molecule has 0 aliphatic carbocycles. The normalized spacial score (nSPS) is 18.9. The highest BCUT2D eigenvalue weighted by Gasteiger charge is 2.40. The maximum atomic E-state index is 11.8. The molecular formula is C23H32NO2+. The third kappa shape index (κ3) is 4.11. The molecule has 3 nitrogen and oxygen atoms in total. The number of piperidine rings is 1. The fourth-order valence-corrected chi connectivity index (χ4v) is 4.32. The molecule has 1 saturated heterocycles. The Hall–Kier alpha value is -1.84. The molecule has 1 heterocycles. The summed E-state index contributed by atoms with van der Waals surface area (Å²) in [6.07, 6.45) is 4.62. The van der Waals surface area contributed by atoms with E-state index in [0.717, 1.165) is 17.9 Å². The summed E-state index contributed by atoms with van der Waals surface area (Å²) in [4.78, 5) is 1.62. The number of methoxy groups -OCH3 is 1. The molecule has 0 aromatic heterocycles. The van der Waals surface area contributed by atoms with E-state index in [-0.39, 0.29) is 5.92 Å². The molecule has 1 fully saturated rings. The second kappa shape index (κ2) is 8.70. The largest absolute Gasteiger partial charge is 0.497 e. The van der Waals surface area contributed by atoms with E-state index in [0.29, 0.717) is 6.42 Å². The maximum absolute atomic E-state index is 11.8. The summed E-state index contributed by atoms with van der Waals surface area (Å²) in [5, 5.41) is 11.8. The monoisotopic (exact) mass is 354 g/mol. The molecular weight excluding hydrogens is 322 g/mol. The van der Waals surface area contributed by atoms with Gasteiger partial charge in [0.15, 0.2) is 0 Å². The molecule has 0 amide bonds. The third-order valence-electron chi connectivity index (χ3n) is 5.96. The molecule has 1 aliphatic rings. The Kier molecular flexibility index (Phi) is 6.33. The molecule has 3 rings (SSSR count). The standard InChI is InChI=1S/C23H31NO2/c1-3-23(25,20-12-14-21(26-2)15-13-20)22(19-10-6-4-7-11-19)18-24-16-8-5-9-17-24/h4,6-7,10-15,22,25H,3,5,8-9,16-18H2,1-2H3/p+1. The Morgan fingerprint density at radius 2 is 1.65 bits per heavy atom. The first-order valence-corrected chi connectivity index (χ1v) is 9.92. The highest BCUT2D eigenvalue weighted by atomic mass is 16.5. The van der Waals surface area contributed by atoms with Crippen molar-refractivity contribution in [2.24, 2.45) is 0 Å². The van der Waals surface area contributed by atoms with E-state index in [1.807, 2.05) is 30.3 Å². The van der Waals surface area contributed by atoms with Crippen LogP contribution in [-0.4, -0.2) is 31.9 Å². The van der Waals surface area contributed by atoms with Gasteiger partial charge < -0.3 is 14.7 Å². The van der Waals surface area contributed by atoms with Gasteiger partial charge in [0.2, 0.25) is 0 Å². The van der Waals surface area contributed by atoms with E-state index in [4.69, 9.17) is 4.74 Å². The lowest BCUT2D eigenvalue weighted by atomic mass is 9.75. The van der Waals surface area contributed by atoms with Crippen LogP contribution >= 0.6 is 0 Å². The van der Waals surface area contributed by atoms with E-state index in [9.17, 15) is 5.11 Å². The van der Waals surface area contributed by atoms with Crippen LogP contribution in [0, 0.1) is 0 Å². The molecule has 0 radical (unpaired) electrons. The Labute approximate surface area is 157 Å². The van der Waals surface area contributed by atoms with Gasteiger partial charge in [-0.25, -0.2) is 0 Å². The lowest BCUT2D eigenvalue weighted by Gasteiger charge is -2.38. The second-order valence-electron chi connectivity index (χ2n) is 7.48. The number of quaternary nitrogens is 1. The minimum Gasteiger partial charge on any atom is -0.497 e. The number of aliphatic hydroxyl groups is 1. The van der Waals surface area contributed by atoms with Gasteiger partial charge in [-0.2, -0.15) is 0 Å². The molecule has 2 aromatic rings. The van der Waals surface area contributed by atoms with Crippen molar-refractivity contribution in [3.63, 3.8) is 0 Å². The highest BCUT2D eigenvalue weighted by Crippen LogP contribution is 2.39. The molecule has 0 spiro atoms. The van der Waals surface area contributed by atoms with Gasteiger partial charge in [-0.15, -0.1) is 0 Å². The lowest BCUT2D eigenvalue weighted by Crippen LogP contribution is -3.13. The molecule has 3 heteroatoms. The number of ether oxygens (including phenoxy) is 1. The number of hydrogen-bond donors (Lipinski definition) is 2. The minimum absolute atomic E-state index is 0.0789. The summed E-state index contributed by atoms with van der Waals surface area (Å²) in [6, 6.07) is 18.5. The van der Waals surface area contributed by atoms with Gasteiger partial charge in [0.05, 0.1) is 32.7 Å². The number of nitrogens with one attached hydrogen (secondary N) is 1. The van der Waals surface area contributed by atoms with Crippen LogP contribution < -0.4 is 9.64 Å². The van der Waals surface area contributed by atoms with Crippen molar-refractivity contribution in [3.05, 3.63) is 65.7 Å². The van der Waals surface area contributed by atoms with Crippen LogP contribution in [0.4, 0.5) is 0 Å². The minimum atomic E-state index is -0.877. The molecule has 26 heavy (non-hydrogen) atoms. The SMILES string of the molecule is CCC(O)(c1ccc(OC)cc1)C(C[NH+]1CCCCC1)c1ccccc1. The maximum Gasteiger partial charge on any atom is 0.118 e. The van der Waals surface area contributed by atoms with Crippen molar-refractivity contribution in [3.8, 4) is 5.75 Å². The molecule has 2 aromatic carbocycles. The average Bonchev–Trinajstić information content (AvgIpc) is 2.73. The van der Waals surface area contributed by atoms with Crippen LogP contribution in [0.15, 0.2) is 54.6 Å². The van der Waals surface area contributed by atoms with E-state index >= 15 is 0 Å². The summed E-state index contributed by atoms with van der Waals surface area (Å²) < 4.78 is 5.30. The van der Waals surface area contributed by atoms with Gasteiger partial charge >= 0.3 is 0 Å².